The molecule has 3 heterocycles. The highest BCUT2D eigenvalue weighted by molar-refractivity contribution is 6.33. The maximum atomic E-state index is 12.9. The Morgan fingerprint density at radius 1 is 1.21 bits per heavy atom. The molecule has 122 valence electrons. The third-order valence-corrected chi connectivity index (χ3v) is 4.85. The van der Waals surface area contributed by atoms with E-state index in [-0.39, 0.29) is 22.0 Å². The van der Waals surface area contributed by atoms with Gasteiger partial charge in [0.15, 0.2) is 12.1 Å². The molecule has 3 aromatic rings. The Morgan fingerprint density at radius 2 is 2.04 bits per heavy atom. The second-order valence-electron chi connectivity index (χ2n) is 5.93. The SMILES string of the molecule is O=Cc1c(Cl)ccnc1-n1ncn2c3c(cc2c1=O)CCCCC3. The molecule has 1 aliphatic rings. The van der Waals surface area contributed by atoms with E-state index in [1.807, 2.05) is 10.5 Å². The van der Waals surface area contributed by atoms with Crippen molar-refractivity contribution in [1.82, 2.24) is 19.2 Å². The zero-order valence-electron chi connectivity index (χ0n) is 12.9. The highest BCUT2D eigenvalue weighted by atomic mass is 35.5. The fourth-order valence-electron chi connectivity index (χ4n) is 3.33. The first-order valence-corrected chi connectivity index (χ1v) is 8.29. The molecule has 0 saturated heterocycles. The molecule has 0 fully saturated rings. The van der Waals surface area contributed by atoms with Gasteiger partial charge in [-0.15, -0.1) is 0 Å². The first-order valence-electron chi connectivity index (χ1n) is 7.92. The van der Waals surface area contributed by atoms with Crippen LogP contribution in [-0.4, -0.2) is 25.5 Å². The van der Waals surface area contributed by atoms with Gasteiger partial charge >= 0.3 is 0 Å². The minimum absolute atomic E-state index is 0.154. The fourth-order valence-corrected chi connectivity index (χ4v) is 3.51. The van der Waals surface area contributed by atoms with Crippen molar-refractivity contribution in [2.75, 3.05) is 0 Å². The van der Waals surface area contributed by atoms with Gasteiger partial charge in [0.2, 0.25) is 0 Å². The minimum atomic E-state index is -0.302. The van der Waals surface area contributed by atoms with Crippen LogP contribution >= 0.6 is 11.6 Å². The van der Waals surface area contributed by atoms with Crippen molar-refractivity contribution in [3.05, 3.63) is 56.9 Å². The van der Waals surface area contributed by atoms with Crippen molar-refractivity contribution in [3.63, 3.8) is 0 Å². The summed E-state index contributed by atoms with van der Waals surface area (Å²) in [6.45, 7) is 0. The smallest absolute Gasteiger partial charge is 0.297 e. The Bertz CT molecular complexity index is 1010. The molecule has 0 radical (unpaired) electrons. The monoisotopic (exact) mass is 342 g/mol. The average Bonchev–Trinajstić information content (AvgIpc) is 2.78. The number of fused-ring (bicyclic) bond motifs is 3. The molecule has 0 aliphatic heterocycles. The van der Waals surface area contributed by atoms with Crippen molar-refractivity contribution in [1.29, 1.82) is 0 Å². The molecule has 0 atom stereocenters. The van der Waals surface area contributed by atoms with Crippen molar-refractivity contribution in [2.24, 2.45) is 0 Å². The van der Waals surface area contributed by atoms with Gasteiger partial charge in [-0.25, -0.2) is 4.98 Å². The molecule has 0 spiro atoms. The van der Waals surface area contributed by atoms with Crippen LogP contribution in [0.3, 0.4) is 0 Å². The van der Waals surface area contributed by atoms with Crippen LogP contribution in [-0.2, 0) is 12.8 Å². The van der Waals surface area contributed by atoms with Crippen molar-refractivity contribution < 1.29 is 4.79 Å². The van der Waals surface area contributed by atoms with Crippen LogP contribution in [0.1, 0.15) is 40.9 Å². The third kappa shape index (κ3) is 2.26. The predicted molar refractivity (Wildman–Crippen MR) is 90.2 cm³/mol. The van der Waals surface area contributed by atoms with E-state index in [9.17, 15) is 9.59 Å². The normalized spacial score (nSPS) is 14.4. The maximum Gasteiger partial charge on any atom is 0.297 e. The molecule has 1 aliphatic carbocycles. The van der Waals surface area contributed by atoms with Crippen molar-refractivity contribution >= 4 is 23.4 Å². The number of carbonyl (C=O) groups is 1. The molecular weight excluding hydrogens is 328 g/mol. The molecule has 0 unspecified atom stereocenters. The Morgan fingerprint density at radius 3 is 2.88 bits per heavy atom. The van der Waals surface area contributed by atoms with Gasteiger partial charge < -0.3 is 0 Å². The summed E-state index contributed by atoms with van der Waals surface area (Å²) in [4.78, 5) is 28.3. The van der Waals surface area contributed by atoms with E-state index in [0.717, 1.165) is 36.1 Å². The molecule has 7 heteroatoms. The summed E-state index contributed by atoms with van der Waals surface area (Å²) in [5, 5.41) is 4.47. The molecular formula is C17H15ClN4O2. The maximum absolute atomic E-state index is 12.9. The van der Waals surface area contributed by atoms with Crippen LogP contribution in [0, 0.1) is 0 Å². The minimum Gasteiger partial charge on any atom is -0.298 e. The first-order chi connectivity index (χ1) is 11.7. The number of nitrogens with zero attached hydrogens (tertiary/aromatic N) is 4. The summed E-state index contributed by atoms with van der Waals surface area (Å²) in [7, 11) is 0. The number of hydrogen-bond acceptors (Lipinski definition) is 4. The van der Waals surface area contributed by atoms with Crippen molar-refractivity contribution in [2.45, 2.75) is 32.1 Å². The largest absolute Gasteiger partial charge is 0.298 e. The lowest BCUT2D eigenvalue weighted by Gasteiger charge is -2.08. The Balaban J connectivity index is 1.97. The molecule has 0 aromatic carbocycles. The van der Waals surface area contributed by atoms with E-state index in [2.05, 4.69) is 10.1 Å². The first kappa shape index (κ1) is 15.1. The zero-order valence-corrected chi connectivity index (χ0v) is 13.7. The number of pyridine rings is 1. The number of halogens is 1. The highest BCUT2D eigenvalue weighted by Gasteiger charge is 2.18. The van der Waals surface area contributed by atoms with Crippen molar-refractivity contribution in [3.8, 4) is 5.82 Å². The Hall–Kier alpha value is -2.47. The fraction of sp³-hybridized carbons (Fsp3) is 0.294. The van der Waals surface area contributed by atoms with Gasteiger partial charge in [-0.3, -0.25) is 14.0 Å². The van der Waals surface area contributed by atoms with Gasteiger partial charge in [0.25, 0.3) is 5.56 Å². The summed E-state index contributed by atoms with van der Waals surface area (Å²) in [5.41, 5.74) is 2.78. The van der Waals surface area contributed by atoms with E-state index in [1.165, 1.54) is 24.2 Å². The third-order valence-electron chi connectivity index (χ3n) is 4.52. The summed E-state index contributed by atoms with van der Waals surface area (Å²) in [6, 6.07) is 3.45. The molecule has 0 saturated carbocycles. The Labute approximate surface area is 142 Å². The van der Waals surface area contributed by atoms with Gasteiger partial charge in [-0.1, -0.05) is 18.0 Å². The quantitative estimate of drug-likeness (QED) is 0.530. The summed E-state index contributed by atoms with van der Waals surface area (Å²) in [5.74, 6) is 0.154. The van der Waals surface area contributed by atoms with Gasteiger partial charge in [0.05, 0.1) is 10.6 Å². The number of aromatic nitrogens is 4. The van der Waals surface area contributed by atoms with Crippen LogP contribution < -0.4 is 5.56 Å². The van der Waals surface area contributed by atoms with Gasteiger partial charge in [-0.2, -0.15) is 9.78 Å². The number of hydrogen-bond donors (Lipinski definition) is 0. The van der Waals surface area contributed by atoms with E-state index in [1.54, 1.807) is 6.33 Å². The van der Waals surface area contributed by atoms with E-state index < -0.39 is 0 Å². The topological polar surface area (TPSA) is 69.3 Å². The Kier molecular flexibility index (Phi) is 3.69. The second kappa shape index (κ2) is 5.87. The summed E-state index contributed by atoms with van der Waals surface area (Å²) >= 11 is 6.03. The van der Waals surface area contributed by atoms with Crippen LogP contribution in [0.15, 0.2) is 29.5 Å². The van der Waals surface area contributed by atoms with Gasteiger partial charge in [0, 0.05) is 11.9 Å². The summed E-state index contributed by atoms with van der Waals surface area (Å²) in [6.07, 6.45) is 9.06. The molecule has 6 nitrogen and oxygen atoms in total. The lowest BCUT2D eigenvalue weighted by atomic mass is 10.1. The number of aldehydes is 1. The van der Waals surface area contributed by atoms with Crippen LogP contribution in [0.4, 0.5) is 0 Å². The van der Waals surface area contributed by atoms with Gasteiger partial charge in [0.1, 0.15) is 11.8 Å². The number of carbonyl (C=O) groups excluding carboxylic acids is 1. The molecule has 0 N–H and O–H groups in total. The second-order valence-corrected chi connectivity index (χ2v) is 6.34. The number of aryl methyl sites for hydroxylation is 2. The highest BCUT2D eigenvalue weighted by Crippen LogP contribution is 2.23. The van der Waals surface area contributed by atoms with E-state index >= 15 is 0 Å². The molecule has 3 aromatic heterocycles. The standard InChI is InChI=1S/C17H15ClN4O2/c18-13-6-7-19-16(12(13)9-23)22-17(24)15-8-11-4-2-1-3-5-14(11)21(15)10-20-22/h6-10H,1-5H2. The zero-order chi connectivity index (χ0) is 16.7. The lowest BCUT2D eigenvalue weighted by Crippen LogP contribution is -2.25. The average molecular weight is 343 g/mol. The molecule has 4 rings (SSSR count). The van der Waals surface area contributed by atoms with Crippen LogP contribution in [0.2, 0.25) is 5.02 Å². The van der Waals surface area contributed by atoms with Gasteiger partial charge in [-0.05, 0) is 43.4 Å². The van der Waals surface area contributed by atoms with Crippen LogP contribution in [0.25, 0.3) is 11.3 Å². The number of rotatable bonds is 2. The molecule has 24 heavy (non-hydrogen) atoms. The van der Waals surface area contributed by atoms with E-state index in [4.69, 9.17) is 11.6 Å². The lowest BCUT2D eigenvalue weighted by molar-refractivity contribution is 0.112. The van der Waals surface area contributed by atoms with Crippen LogP contribution in [0.5, 0.6) is 0 Å². The predicted octanol–water partition coefficient (Wildman–Crippen LogP) is 2.62. The molecule has 0 amide bonds. The van der Waals surface area contributed by atoms with E-state index in [0.29, 0.717) is 11.8 Å². The summed E-state index contributed by atoms with van der Waals surface area (Å²) < 4.78 is 3.01. The molecule has 0 bridgehead atoms.